The summed E-state index contributed by atoms with van der Waals surface area (Å²) in [5.74, 6) is 0.302. The van der Waals surface area contributed by atoms with Crippen LogP contribution in [-0.4, -0.2) is 24.4 Å². The van der Waals surface area contributed by atoms with Crippen LogP contribution in [0.15, 0.2) is 0 Å². The van der Waals surface area contributed by atoms with Crippen molar-refractivity contribution in [2.24, 2.45) is 11.3 Å². The average molecular weight is 158 g/mol. The van der Waals surface area contributed by atoms with Crippen LogP contribution in [0.1, 0.15) is 27.2 Å². The average Bonchev–Trinajstić information content (AvgIpc) is 1.86. The minimum absolute atomic E-state index is 0.163. The fourth-order valence-corrected chi connectivity index (χ4v) is 1.55. The Morgan fingerprint density at radius 1 is 1.36 bits per heavy atom. The van der Waals surface area contributed by atoms with Crippen molar-refractivity contribution in [2.75, 3.05) is 13.2 Å². The second-order valence-corrected chi connectivity index (χ2v) is 4.40. The first-order chi connectivity index (χ1) is 5.02. The zero-order valence-corrected chi connectivity index (χ0v) is 7.63. The van der Waals surface area contributed by atoms with Gasteiger partial charge >= 0.3 is 0 Å². The molecular formula is C9H18O2. The van der Waals surface area contributed by atoms with Gasteiger partial charge in [0, 0.05) is 12.5 Å². The molecule has 0 aromatic carbocycles. The molecule has 0 aromatic heterocycles. The van der Waals surface area contributed by atoms with Crippen LogP contribution in [0.3, 0.4) is 0 Å². The van der Waals surface area contributed by atoms with E-state index in [2.05, 4.69) is 20.8 Å². The van der Waals surface area contributed by atoms with E-state index in [1.165, 1.54) is 0 Å². The third kappa shape index (κ3) is 2.17. The Balaban J connectivity index is 2.55. The summed E-state index contributed by atoms with van der Waals surface area (Å²) in [6.07, 6.45) is 0.630. The predicted octanol–water partition coefficient (Wildman–Crippen LogP) is 1.43. The Morgan fingerprint density at radius 3 is 2.36 bits per heavy atom. The molecule has 0 amide bonds. The van der Waals surface area contributed by atoms with Gasteiger partial charge < -0.3 is 9.84 Å². The molecular weight excluding hydrogens is 140 g/mol. The lowest BCUT2D eigenvalue weighted by Gasteiger charge is -2.37. The van der Waals surface area contributed by atoms with Crippen LogP contribution in [0, 0.1) is 11.3 Å². The maximum atomic E-state index is 9.62. The summed E-state index contributed by atoms with van der Waals surface area (Å²) in [7, 11) is 0. The molecule has 0 unspecified atom stereocenters. The Hall–Kier alpha value is -0.0800. The van der Waals surface area contributed by atoms with Crippen LogP contribution in [0.4, 0.5) is 0 Å². The normalized spacial score (nSPS) is 33.8. The Bertz CT molecular complexity index is 126. The monoisotopic (exact) mass is 158 g/mol. The number of ether oxygens (including phenoxy) is 1. The van der Waals surface area contributed by atoms with E-state index in [1.54, 1.807) is 0 Å². The molecule has 1 saturated heterocycles. The molecule has 0 radical (unpaired) electrons. The molecule has 1 fully saturated rings. The maximum absolute atomic E-state index is 9.62. The van der Waals surface area contributed by atoms with E-state index >= 15 is 0 Å². The van der Waals surface area contributed by atoms with Crippen molar-refractivity contribution in [2.45, 2.75) is 33.3 Å². The van der Waals surface area contributed by atoms with E-state index in [0.717, 1.165) is 6.42 Å². The third-order valence-electron chi connectivity index (χ3n) is 2.43. The van der Waals surface area contributed by atoms with Gasteiger partial charge in [0.05, 0.1) is 12.7 Å². The van der Waals surface area contributed by atoms with Gasteiger partial charge in [0.2, 0.25) is 0 Å². The van der Waals surface area contributed by atoms with E-state index in [9.17, 15) is 5.11 Å². The van der Waals surface area contributed by atoms with E-state index in [1.807, 2.05) is 0 Å². The molecule has 0 aromatic rings. The SMILES string of the molecule is CC(C)(C)[C@H]1COCC[C@@H]1O. The van der Waals surface area contributed by atoms with Crippen molar-refractivity contribution in [1.82, 2.24) is 0 Å². The molecule has 0 aliphatic carbocycles. The zero-order chi connectivity index (χ0) is 8.48. The summed E-state index contributed by atoms with van der Waals surface area (Å²) in [5.41, 5.74) is 0.167. The smallest absolute Gasteiger partial charge is 0.0617 e. The first kappa shape index (κ1) is 9.01. The van der Waals surface area contributed by atoms with Crippen molar-refractivity contribution in [1.29, 1.82) is 0 Å². The highest BCUT2D eigenvalue weighted by atomic mass is 16.5. The molecule has 2 heteroatoms. The van der Waals surface area contributed by atoms with E-state index in [0.29, 0.717) is 19.1 Å². The summed E-state index contributed by atoms with van der Waals surface area (Å²) >= 11 is 0. The van der Waals surface area contributed by atoms with Gasteiger partial charge in [0.25, 0.3) is 0 Å². The lowest BCUT2D eigenvalue weighted by atomic mass is 9.76. The molecule has 1 N–H and O–H groups in total. The van der Waals surface area contributed by atoms with Crippen molar-refractivity contribution in [3.63, 3.8) is 0 Å². The minimum Gasteiger partial charge on any atom is -0.393 e. The van der Waals surface area contributed by atoms with Gasteiger partial charge in [-0.1, -0.05) is 20.8 Å². The quantitative estimate of drug-likeness (QED) is 0.578. The minimum atomic E-state index is -0.163. The van der Waals surface area contributed by atoms with Crippen LogP contribution < -0.4 is 0 Å². The molecule has 2 atom stereocenters. The summed E-state index contributed by atoms with van der Waals surface area (Å²) in [4.78, 5) is 0. The number of aliphatic hydroxyl groups excluding tert-OH is 1. The first-order valence-corrected chi connectivity index (χ1v) is 4.27. The number of hydrogen-bond donors (Lipinski definition) is 1. The van der Waals surface area contributed by atoms with Gasteiger partial charge in [-0.3, -0.25) is 0 Å². The topological polar surface area (TPSA) is 29.5 Å². The summed E-state index contributed by atoms with van der Waals surface area (Å²) in [5, 5.41) is 9.62. The lowest BCUT2D eigenvalue weighted by molar-refractivity contribution is -0.0749. The molecule has 1 aliphatic rings. The van der Waals surface area contributed by atoms with Crippen LogP contribution in [0.2, 0.25) is 0 Å². The van der Waals surface area contributed by atoms with Crippen LogP contribution in [0.5, 0.6) is 0 Å². The molecule has 1 aliphatic heterocycles. The van der Waals surface area contributed by atoms with Crippen molar-refractivity contribution < 1.29 is 9.84 Å². The molecule has 66 valence electrons. The molecule has 0 saturated carbocycles. The van der Waals surface area contributed by atoms with E-state index in [-0.39, 0.29) is 11.5 Å². The van der Waals surface area contributed by atoms with Gasteiger partial charge in [0.1, 0.15) is 0 Å². The lowest BCUT2D eigenvalue weighted by Crippen LogP contribution is -2.40. The predicted molar refractivity (Wildman–Crippen MR) is 44.4 cm³/mol. The standard InChI is InChI=1S/C9H18O2/c1-9(2,3)7-6-11-5-4-8(7)10/h7-8,10H,4-6H2,1-3H3/t7-,8-/m0/s1. The van der Waals surface area contributed by atoms with Gasteiger partial charge in [-0.15, -0.1) is 0 Å². The molecule has 11 heavy (non-hydrogen) atoms. The van der Waals surface area contributed by atoms with Crippen LogP contribution in [-0.2, 0) is 4.74 Å². The highest BCUT2D eigenvalue weighted by Gasteiger charge is 2.33. The molecule has 0 spiro atoms. The Morgan fingerprint density at radius 2 is 2.00 bits per heavy atom. The fourth-order valence-electron chi connectivity index (χ4n) is 1.55. The number of rotatable bonds is 0. The highest BCUT2D eigenvalue weighted by molar-refractivity contribution is 4.82. The van der Waals surface area contributed by atoms with Gasteiger partial charge in [0.15, 0.2) is 0 Å². The largest absolute Gasteiger partial charge is 0.393 e. The van der Waals surface area contributed by atoms with Gasteiger partial charge in [-0.25, -0.2) is 0 Å². The zero-order valence-electron chi connectivity index (χ0n) is 7.63. The summed E-state index contributed by atoms with van der Waals surface area (Å²) < 4.78 is 5.32. The maximum Gasteiger partial charge on any atom is 0.0617 e. The van der Waals surface area contributed by atoms with Crippen LogP contribution >= 0.6 is 0 Å². The highest BCUT2D eigenvalue weighted by Crippen LogP contribution is 2.32. The Kier molecular flexibility index (Phi) is 2.55. The summed E-state index contributed by atoms with van der Waals surface area (Å²) in [6, 6.07) is 0. The number of aliphatic hydroxyl groups is 1. The molecule has 0 bridgehead atoms. The Labute approximate surface area is 68.6 Å². The van der Waals surface area contributed by atoms with Gasteiger partial charge in [-0.05, 0) is 11.8 Å². The number of hydrogen-bond acceptors (Lipinski definition) is 2. The van der Waals surface area contributed by atoms with Gasteiger partial charge in [-0.2, -0.15) is 0 Å². The fraction of sp³-hybridized carbons (Fsp3) is 1.00. The second-order valence-electron chi connectivity index (χ2n) is 4.40. The molecule has 1 heterocycles. The van der Waals surface area contributed by atoms with Crippen molar-refractivity contribution in [3.05, 3.63) is 0 Å². The van der Waals surface area contributed by atoms with Crippen molar-refractivity contribution in [3.8, 4) is 0 Å². The first-order valence-electron chi connectivity index (χ1n) is 4.27. The van der Waals surface area contributed by atoms with Crippen molar-refractivity contribution >= 4 is 0 Å². The third-order valence-corrected chi connectivity index (χ3v) is 2.43. The van der Waals surface area contributed by atoms with Crippen LogP contribution in [0.25, 0.3) is 0 Å². The molecule has 1 rings (SSSR count). The second kappa shape index (κ2) is 3.11. The molecule has 2 nitrogen and oxygen atoms in total. The van der Waals surface area contributed by atoms with E-state index < -0.39 is 0 Å². The van der Waals surface area contributed by atoms with E-state index in [4.69, 9.17) is 4.74 Å². The summed E-state index contributed by atoms with van der Waals surface area (Å²) in [6.45, 7) is 7.87.